The third kappa shape index (κ3) is 6.32. The number of benzene rings is 1. The van der Waals surface area contributed by atoms with Crippen molar-refractivity contribution < 1.29 is 41.4 Å². The summed E-state index contributed by atoms with van der Waals surface area (Å²) in [5.74, 6) is 2.12. The molecule has 49 heavy (non-hydrogen) atoms. The first-order valence-corrected chi connectivity index (χ1v) is 18.4. The number of halogens is 6. The Labute approximate surface area is 285 Å². The number of alkyl halides is 6. The summed E-state index contributed by atoms with van der Waals surface area (Å²) in [6.07, 6.45) is -1.12. The van der Waals surface area contributed by atoms with Crippen LogP contribution in [0.5, 0.6) is 0 Å². The zero-order valence-electron chi connectivity index (χ0n) is 28.6. The van der Waals surface area contributed by atoms with Gasteiger partial charge in [0.1, 0.15) is 0 Å². The van der Waals surface area contributed by atoms with E-state index in [1.54, 1.807) is 9.80 Å². The lowest BCUT2D eigenvalue weighted by molar-refractivity contribution is -0.157. The highest BCUT2D eigenvalue weighted by molar-refractivity contribution is 5.82. The molecule has 6 fully saturated rings. The average molecular weight is 700 g/mol. The number of aliphatic hydroxyl groups is 2. The largest absolute Gasteiger partial charge is 0.416 e. The molecule has 6 nitrogen and oxygen atoms in total. The Hall–Kier alpha value is -1.89. The molecule has 0 radical (unpaired) electrons. The zero-order valence-corrected chi connectivity index (χ0v) is 28.6. The molecule has 274 valence electrons. The predicted molar refractivity (Wildman–Crippen MR) is 171 cm³/mol. The van der Waals surface area contributed by atoms with Gasteiger partial charge in [-0.2, -0.15) is 26.3 Å². The smallest absolute Gasteiger partial charge is 0.393 e. The van der Waals surface area contributed by atoms with E-state index in [1.807, 2.05) is 0 Å². The van der Waals surface area contributed by atoms with Crippen molar-refractivity contribution in [2.45, 2.75) is 121 Å². The van der Waals surface area contributed by atoms with E-state index in [4.69, 9.17) is 0 Å². The summed E-state index contributed by atoms with van der Waals surface area (Å²) in [4.78, 5) is 19.6. The number of nitrogens with zero attached hydrogens (tertiary/aromatic N) is 3. The van der Waals surface area contributed by atoms with Crippen molar-refractivity contribution in [2.24, 2.45) is 34.5 Å². The molecule has 2 aliphatic heterocycles. The summed E-state index contributed by atoms with van der Waals surface area (Å²) < 4.78 is 80.8. The quantitative estimate of drug-likeness (QED) is 0.348. The summed E-state index contributed by atoms with van der Waals surface area (Å²) >= 11 is 0. The Bertz CT molecular complexity index is 1370. The second kappa shape index (κ2) is 12.7. The van der Waals surface area contributed by atoms with Crippen molar-refractivity contribution in [2.75, 3.05) is 32.7 Å². The lowest BCUT2D eigenvalue weighted by Gasteiger charge is -2.62. The minimum absolute atomic E-state index is 0.00597. The second-order valence-electron chi connectivity index (χ2n) is 16.8. The van der Waals surface area contributed by atoms with Crippen LogP contribution in [0.15, 0.2) is 18.2 Å². The van der Waals surface area contributed by atoms with Crippen LogP contribution in [0.4, 0.5) is 26.3 Å². The number of aliphatic hydroxyl groups excluding tert-OH is 2. The van der Waals surface area contributed by atoms with Crippen molar-refractivity contribution in [3.8, 4) is 0 Å². The van der Waals surface area contributed by atoms with Crippen LogP contribution in [-0.2, 0) is 23.7 Å². The molecule has 1 aromatic carbocycles. The molecule has 7 rings (SSSR count). The van der Waals surface area contributed by atoms with E-state index in [-0.39, 0.29) is 47.1 Å². The number of piperazine rings is 1. The topological polar surface area (TPSA) is 67.2 Å². The molecule has 10 atom stereocenters. The molecule has 2 heterocycles. The molecule has 0 bridgehead atoms. The first-order chi connectivity index (χ1) is 23.0. The summed E-state index contributed by atoms with van der Waals surface area (Å²) in [5.41, 5.74) is -2.66. The van der Waals surface area contributed by atoms with Gasteiger partial charge in [0.05, 0.1) is 29.4 Å². The van der Waals surface area contributed by atoms with Crippen LogP contribution in [-0.4, -0.2) is 87.8 Å². The summed E-state index contributed by atoms with van der Waals surface area (Å²) in [6, 6.07) is 1.06. The van der Waals surface area contributed by atoms with E-state index in [0.29, 0.717) is 69.2 Å². The Kier molecular flexibility index (Phi) is 9.17. The number of carbonyl (C=O) groups is 1. The fraction of sp³-hybridized carbons (Fsp3) is 0.811. The number of amides is 1. The highest BCUT2D eigenvalue weighted by Gasteiger charge is 2.61. The van der Waals surface area contributed by atoms with Gasteiger partial charge in [-0.05, 0) is 129 Å². The third-order valence-corrected chi connectivity index (χ3v) is 14.4. The molecule has 4 saturated carbocycles. The Morgan fingerprint density at radius 2 is 1.47 bits per heavy atom. The normalized spacial score (nSPS) is 40.6. The maximum absolute atomic E-state index is 13.8. The van der Waals surface area contributed by atoms with Crippen LogP contribution < -0.4 is 0 Å². The molecule has 2 saturated heterocycles. The first kappa shape index (κ1) is 35.5. The highest BCUT2D eigenvalue weighted by Crippen LogP contribution is 2.66. The predicted octanol–water partition coefficient (Wildman–Crippen LogP) is 6.58. The average Bonchev–Trinajstić information content (AvgIpc) is 3.63. The van der Waals surface area contributed by atoms with Crippen molar-refractivity contribution in [3.63, 3.8) is 0 Å². The van der Waals surface area contributed by atoms with Crippen LogP contribution >= 0.6 is 0 Å². The summed E-state index contributed by atoms with van der Waals surface area (Å²) in [5, 5.41) is 22.3. The van der Waals surface area contributed by atoms with Crippen LogP contribution in [0, 0.1) is 34.5 Å². The molecule has 1 amide bonds. The SMILES string of the molecule is C[C@]12C[C@H](N3CCN(C(=O)[C@@H]4CCCN4Cc4cc(C(F)(F)F)cc(C(F)(F)F)c4)CC3)[C@@H](O)C[C@@H]1CC[C@@H]1[C@@H]2CC[C@]2(C)[C@@H](O)CC[C@@H]12. The molecular formula is C37H51F6N3O3. The minimum atomic E-state index is -4.92. The number of likely N-dealkylation sites (tertiary alicyclic amines) is 1. The van der Waals surface area contributed by atoms with Gasteiger partial charge >= 0.3 is 12.4 Å². The lowest BCUT2D eigenvalue weighted by atomic mass is 9.44. The lowest BCUT2D eigenvalue weighted by Crippen LogP contribution is -2.62. The molecule has 1 aromatic rings. The molecule has 12 heteroatoms. The minimum Gasteiger partial charge on any atom is -0.393 e. The van der Waals surface area contributed by atoms with Crippen LogP contribution in [0.25, 0.3) is 0 Å². The summed E-state index contributed by atoms with van der Waals surface area (Å²) in [6.45, 7) is 7.18. The maximum Gasteiger partial charge on any atom is 0.416 e. The Morgan fingerprint density at radius 3 is 2.12 bits per heavy atom. The van der Waals surface area contributed by atoms with Crippen LogP contribution in [0.3, 0.4) is 0 Å². The Morgan fingerprint density at radius 1 is 0.816 bits per heavy atom. The van der Waals surface area contributed by atoms with E-state index in [2.05, 4.69) is 18.7 Å². The van der Waals surface area contributed by atoms with Gasteiger partial charge in [0.15, 0.2) is 0 Å². The van der Waals surface area contributed by atoms with Crippen LogP contribution in [0.1, 0.15) is 94.7 Å². The number of hydrogen-bond donors (Lipinski definition) is 2. The van der Waals surface area contributed by atoms with Gasteiger partial charge in [0.2, 0.25) is 5.91 Å². The van der Waals surface area contributed by atoms with Gasteiger partial charge in [-0.15, -0.1) is 0 Å². The van der Waals surface area contributed by atoms with E-state index in [1.165, 1.54) is 6.42 Å². The maximum atomic E-state index is 13.8. The first-order valence-electron chi connectivity index (χ1n) is 18.4. The standard InChI is InChI=1S/C37H51F6N3O3/c1-34-10-9-28-26(27(34)7-8-32(34)48)6-5-23-19-31(47)30(20-35(23,28)2)44-12-14-45(15-13-44)33(49)29-4-3-11-46(29)21-22-16-24(36(38,39)40)18-25(17-22)37(41,42)43/h16-18,23,26-32,47-48H,3-15,19-21H2,1-2H3/t23-,26-,27-,28-,29-,30-,31-,32-,34-,35-/m0/s1. The van der Waals surface area contributed by atoms with Gasteiger partial charge in [-0.3, -0.25) is 14.6 Å². The zero-order chi connectivity index (χ0) is 35.1. The third-order valence-electron chi connectivity index (χ3n) is 14.4. The number of rotatable bonds is 4. The fourth-order valence-electron chi connectivity index (χ4n) is 11.7. The molecule has 0 aromatic heterocycles. The van der Waals surface area contributed by atoms with Crippen molar-refractivity contribution >= 4 is 5.91 Å². The van der Waals surface area contributed by atoms with Crippen molar-refractivity contribution in [3.05, 3.63) is 34.9 Å². The molecule has 2 N–H and O–H groups in total. The van der Waals surface area contributed by atoms with E-state index >= 15 is 0 Å². The monoisotopic (exact) mass is 699 g/mol. The molecular weight excluding hydrogens is 648 g/mol. The highest BCUT2D eigenvalue weighted by atomic mass is 19.4. The molecule has 0 spiro atoms. The summed E-state index contributed by atoms with van der Waals surface area (Å²) in [7, 11) is 0. The van der Waals surface area contributed by atoms with Gasteiger partial charge in [0, 0.05) is 38.8 Å². The van der Waals surface area contributed by atoms with E-state index in [9.17, 15) is 41.4 Å². The van der Waals surface area contributed by atoms with Crippen molar-refractivity contribution in [1.29, 1.82) is 0 Å². The van der Waals surface area contributed by atoms with E-state index < -0.39 is 35.6 Å². The second-order valence-corrected chi connectivity index (χ2v) is 16.8. The van der Waals surface area contributed by atoms with Crippen molar-refractivity contribution in [1.82, 2.24) is 14.7 Å². The number of carbonyl (C=O) groups excluding carboxylic acids is 1. The molecule has 4 aliphatic carbocycles. The van der Waals surface area contributed by atoms with Gasteiger partial charge in [-0.1, -0.05) is 13.8 Å². The molecule has 6 aliphatic rings. The number of hydrogen-bond acceptors (Lipinski definition) is 5. The van der Waals surface area contributed by atoms with Gasteiger partial charge in [0.25, 0.3) is 0 Å². The Balaban J connectivity index is 0.996. The fourth-order valence-corrected chi connectivity index (χ4v) is 11.7. The van der Waals surface area contributed by atoms with Crippen LogP contribution in [0.2, 0.25) is 0 Å². The van der Waals surface area contributed by atoms with Gasteiger partial charge in [-0.25, -0.2) is 0 Å². The van der Waals surface area contributed by atoms with Gasteiger partial charge < -0.3 is 15.1 Å². The van der Waals surface area contributed by atoms with E-state index in [0.717, 1.165) is 57.1 Å². The molecule has 0 unspecified atom stereocenters. The number of fused-ring (bicyclic) bond motifs is 5.